The predicted octanol–water partition coefficient (Wildman–Crippen LogP) is 14.8. The molecule has 0 bridgehead atoms. The first kappa shape index (κ1) is 38.8. The first-order valence-corrected chi connectivity index (χ1v) is 20.3. The number of fused-ring (bicyclic) bond motifs is 6. The van der Waals surface area contributed by atoms with E-state index in [0.717, 1.165) is 55.4 Å². The van der Waals surface area contributed by atoms with Gasteiger partial charge in [-0.25, -0.2) is 15.0 Å². The van der Waals surface area contributed by atoms with Crippen molar-refractivity contribution in [1.29, 1.82) is 0 Å². The summed E-state index contributed by atoms with van der Waals surface area (Å²) in [5.74, 6) is 0.554. The van der Waals surface area contributed by atoms with Crippen molar-refractivity contribution in [1.82, 2.24) is 24.1 Å². The van der Waals surface area contributed by atoms with Crippen molar-refractivity contribution in [2.75, 3.05) is 0 Å². The molecule has 3 heterocycles. The Morgan fingerprint density at radius 3 is 1.30 bits per heavy atom. The number of para-hydroxylation sites is 3. The predicted molar refractivity (Wildman–Crippen MR) is 240 cm³/mol. The molecule has 0 atom stereocenters. The zero-order valence-electron chi connectivity index (χ0n) is 33.4. The number of aromatic nitrogens is 5. The number of nitrogens with zero attached hydrogens (tertiary/aromatic N) is 5. The second kappa shape index (κ2) is 14.8. The minimum atomic E-state index is -5.15. The van der Waals surface area contributed by atoms with E-state index in [-0.39, 0.29) is 34.7 Å². The summed E-state index contributed by atoms with van der Waals surface area (Å²) in [6.07, 6.45) is -10.2. The van der Waals surface area contributed by atoms with Gasteiger partial charge in [-0.1, -0.05) is 133 Å². The summed E-state index contributed by atoms with van der Waals surface area (Å²) in [5.41, 5.74) is 3.23. The second-order valence-corrected chi connectivity index (χ2v) is 15.4. The first-order chi connectivity index (χ1) is 31.0. The second-order valence-electron chi connectivity index (χ2n) is 15.4. The van der Waals surface area contributed by atoms with Crippen LogP contribution in [0.4, 0.5) is 26.3 Å². The van der Waals surface area contributed by atoms with E-state index >= 15 is 0 Å². The van der Waals surface area contributed by atoms with Gasteiger partial charge in [0.25, 0.3) is 0 Å². The van der Waals surface area contributed by atoms with E-state index in [2.05, 4.69) is 47.0 Å². The van der Waals surface area contributed by atoms with Gasteiger partial charge in [0.15, 0.2) is 17.5 Å². The maximum atomic E-state index is 15.0. The molecule has 0 saturated heterocycles. The average molecular weight is 852 g/mol. The Labute approximate surface area is 361 Å². The van der Waals surface area contributed by atoms with Crippen LogP contribution in [0, 0.1) is 0 Å². The normalized spacial score (nSPS) is 12.2. The summed E-state index contributed by atoms with van der Waals surface area (Å²) < 4.78 is 91.2. The molecule has 0 spiro atoms. The van der Waals surface area contributed by atoms with Gasteiger partial charge in [-0.15, -0.1) is 0 Å². The quantitative estimate of drug-likeness (QED) is 0.157. The molecule has 5 nitrogen and oxygen atoms in total. The summed E-state index contributed by atoms with van der Waals surface area (Å²) in [6.45, 7) is 0. The third kappa shape index (κ3) is 6.55. The summed E-state index contributed by atoms with van der Waals surface area (Å²) in [5, 5.41) is 4.08. The Morgan fingerprint density at radius 2 is 0.766 bits per heavy atom. The molecule has 0 fully saturated rings. The van der Waals surface area contributed by atoms with E-state index in [1.807, 2.05) is 114 Å². The van der Waals surface area contributed by atoms with Crippen LogP contribution in [0.2, 0.25) is 0 Å². The van der Waals surface area contributed by atoms with Gasteiger partial charge in [-0.3, -0.25) is 0 Å². The fraction of sp³-hybridized carbons (Fsp3) is 0.0377. The van der Waals surface area contributed by atoms with E-state index in [0.29, 0.717) is 22.9 Å². The van der Waals surface area contributed by atoms with Gasteiger partial charge >= 0.3 is 12.4 Å². The van der Waals surface area contributed by atoms with E-state index in [1.54, 1.807) is 12.1 Å². The Kier molecular flexibility index (Phi) is 8.98. The third-order valence-electron chi connectivity index (χ3n) is 11.6. The molecule has 0 amide bonds. The largest absolute Gasteiger partial charge is 0.417 e. The number of hydrogen-bond acceptors (Lipinski definition) is 3. The van der Waals surface area contributed by atoms with E-state index in [1.165, 1.54) is 6.07 Å². The number of hydrogen-bond donors (Lipinski definition) is 0. The topological polar surface area (TPSA) is 48.5 Å². The highest BCUT2D eigenvalue weighted by molar-refractivity contribution is 6.12. The molecule has 0 aliphatic heterocycles. The molecule has 3 aromatic heterocycles. The maximum absolute atomic E-state index is 15.0. The van der Waals surface area contributed by atoms with Crippen LogP contribution in [-0.2, 0) is 12.4 Å². The molecule has 0 aliphatic carbocycles. The van der Waals surface area contributed by atoms with Gasteiger partial charge in [0.05, 0.1) is 33.2 Å². The standard InChI is InChI=1S/C53H31F6N5/c54-52(55,56)34-23-26-38(44(29-34)53(57,58)59)37-27-24-35(30-43(37)51-61-49(32-13-3-1-4-14-32)60-50(62-51)33-15-5-2-6-16-33)64-47-22-12-9-19-41(47)42-28-25-36(31-48(42)64)63-45-20-10-7-17-39(45)40-18-8-11-21-46(40)63/h1-31H. The minimum absolute atomic E-state index is 0.0132. The summed E-state index contributed by atoms with van der Waals surface area (Å²) in [4.78, 5) is 14.6. The highest BCUT2D eigenvalue weighted by Gasteiger charge is 2.39. The Bertz CT molecular complexity index is 3480. The van der Waals surface area contributed by atoms with Crippen molar-refractivity contribution in [3.05, 3.63) is 199 Å². The number of rotatable bonds is 6. The number of alkyl halides is 6. The lowest BCUT2D eigenvalue weighted by Crippen LogP contribution is -2.12. The fourth-order valence-electron chi connectivity index (χ4n) is 8.79. The average Bonchev–Trinajstić information content (AvgIpc) is 3.83. The van der Waals surface area contributed by atoms with Crippen LogP contribution < -0.4 is 0 Å². The van der Waals surface area contributed by atoms with Gasteiger partial charge in [-0.05, 0) is 65.7 Å². The van der Waals surface area contributed by atoms with Gasteiger partial charge in [0, 0.05) is 49.6 Å². The Balaban J connectivity index is 1.21. The van der Waals surface area contributed by atoms with E-state index in [4.69, 9.17) is 15.0 Å². The Morgan fingerprint density at radius 1 is 0.328 bits per heavy atom. The Hall–Kier alpha value is -8.05. The lowest BCUT2D eigenvalue weighted by Gasteiger charge is -2.19. The lowest BCUT2D eigenvalue weighted by atomic mass is 9.92. The minimum Gasteiger partial charge on any atom is -0.309 e. The molecule has 0 radical (unpaired) electrons. The van der Waals surface area contributed by atoms with Crippen LogP contribution in [0.3, 0.4) is 0 Å². The zero-order valence-corrected chi connectivity index (χ0v) is 33.4. The highest BCUT2D eigenvalue weighted by atomic mass is 19.4. The van der Waals surface area contributed by atoms with Crippen LogP contribution in [0.5, 0.6) is 0 Å². The fourth-order valence-corrected chi connectivity index (χ4v) is 8.79. The molecule has 11 aromatic rings. The van der Waals surface area contributed by atoms with Crippen molar-refractivity contribution >= 4 is 43.6 Å². The van der Waals surface area contributed by atoms with Crippen LogP contribution >= 0.6 is 0 Å². The number of halogens is 6. The third-order valence-corrected chi connectivity index (χ3v) is 11.6. The SMILES string of the molecule is FC(F)(F)c1ccc(-c2ccc(-n3c4ccccc4c4ccc(-n5c6ccccc6c6ccccc65)cc43)cc2-c2nc(-c3ccccc3)nc(-c3ccccc3)n2)c(C(F)(F)F)c1. The summed E-state index contributed by atoms with van der Waals surface area (Å²) in [6, 6.07) is 55.4. The smallest absolute Gasteiger partial charge is 0.309 e. The van der Waals surface area contributed by atoms with E-state index in [9.17, 15) is 26.3 Å². The first-order valence-electron chi connectivity index (χ1n) is 20.3. The van der Waals surface area contributed by atoms with Gasteiger partial charge in [-0.2, -0.15) is 26.3 Å². The molecular weight excluding hydrogens is 821 g/mol. The van der Waals surface area contributed by atoms with Gasteiger partial charge < -0.3 is 9.13 Å². The molecule has 0 N–H and O–H groups in total. The molecule has 11 heteroatoms. The molecule has 0 saturated carbocycles. The monoisotopic (exact) mass is 851 g/mol. The van der Waals surface area contributed by atoms with Crippen LogP contribution in [0.25, 0.3) is 100 Å². The molecule has 310 valence electrons. The maximum Gasteiger partial charge on any atom is 0.417 e. The highest BCUT2D eigenvalue weighted by Crippen LogP contribution is 2.45. The van der Waals surface area contributed by atoms with Gasteiger partial charge in [0.1, 0.15) is 0 Å². The van der Waals surface area contributed by atoms with Crippen LogP contribution in [-0.4, -0.2) is 24.1 Å². The van der Waals surface area contributed by atoms with Crippen molar-refractivity contribution < 1.29 is 26.3 Å². The van der Waals surface area contributed by atoms with Crippen LogP contribution in [0.1, 0.15) is 11.1 Å². The van der Waals surface area contributed by atoms with Crippen molar-refractivity contribution in [2.24, 2.45) is 0 Å². The molecule has 11 rings (SSSR count). The molecular formula is C53H31F6N5. The van der Waals surface area contributed by atoms with E-state index < -0.39 is 29.0 Å². The molecule has 0 aliphatic rings. The van der Waals surface area contributed by atoms with Crippen molar-refractivity contribution in [3.8, 4) is 56.7 Å². The lowest BCUT2D eigenvalue weighted by molar-refractivity contribution is -0.142. The van der Waals surface area contributed by atoms with Crippen molar-refractivity contribution in [3.63, 3.8) is 0 Å². The van der Waals surface area contributed by atoms with Crippen molar-refractivity contribution in [2.45, 2.75) is 12.4 Å². The van der Waals surface area contributed by atoms with Gasteiger partial charge in [0.2, 0.25) is 0 Å². The number of benzene rings is 8. The summed E-state index contributed by atoms with van der Waals surface area (Å²) >= 11 is 0. The molecule has 8 aromatic carbocycles. The zero-order chi connectivity index (χ0) is 43.7. The molecule has 64 heavy (non-hydrogen) atoms. The molecule has 0 unspecified atom stereocenters. The van der Waals surface area contributed by atoms with Crippen LogP contribution in [0.15, 0.2) is 188 Å². The summed E-state index contributed by atoms with van der Waals surface area (Å²) in [7, 11) is 0.